The minimum Gasteiger partial charge on any atom is -0.383 e. The zero-order valence-corrected chi connectivity index (χ0v) is 25.8. The summed E-state index contributed by atoms with van der Waals surface area (Å²) in [5.74, 6) is 0.723. The Hall–Kier alpha value is -4.86. The summed E-state index contributed by atoms with van der Waals surface area (Å²) in [7, 11) is 0. The predicted molar refractivity (Wildman–Crippen MR) is 175 cm³/mol. The number of rotatable bonds is 10. The van der Waals surface area contributed by atoms with Gasteiger partial charge < -0.3 is 16.1 Å². The average molecular weight is 586 g/mol. The van der Waals surface area contributed by atoms with Crippen LogP contribution in [-0.4, -0.2) is 33.1 Å². The van der Waals surface area contributed by atoms with Gasteiger partial charge in [-0.25, -0.2) is 0 Å². The van der Waals surface area contributed by atoms with Crippen molar-refractivity contribution in [2.45, 2.75) is 65.0 Å². The van der Waals surface area contributed by atoms with Gasteiger partial charge in [-0.15, -0.1) is 5.53 Å². The van der Waals surface area contributed by atoms with Gasteiger partial charge in [0.1, 0.15) is 12.1 Å². The molecular formula is C35H39N9. The molecule has 1 atom stereocenters. The third-order valence-corrected chi connectivity index (χ3v) is 8.66. The van der Waals surface area contributed by atoms with Crippen LogP contribution in [0.2, 0.25) is 0 Å². The zero-order valence-electron chi connectivity index (χ0n) is 25.8. The van der Waals surface area contributed by atoms with Crippen LogP contribution in [0, 0.1) is 34.0 Å². The summed E-state index contributed by atoms with van der Waals surface area (Å²) in [6, 6.07) is 12.0. The summed E-state index contributed by atoms with van der Waals surface area (Å²) < 4.78 is 0. The second-order valence-corrected chi connectivity index (χ2v) is 13.2. The Morgan fingerprint density at radius 3 is 2.64 bits per heavy atom. The second kappa shape index (κ2) is 11.3. The molecule has 0 amide bonds. The highest BCUT2D eigenvalue weighted by Gasteiger charge is 2.58. The largest absolute Gasteiger partial charge is 0.383 e. The van der Waals surface area contributed by atoms with Gasteiger partial charge >= 0.3 is 0 Å². The van der Waals surface area contributed by atoms with E-state index in [4.69, 9.17) is 0 Å². The molecule has 0 spiro atoms. The number of nitrogens with zero attached hydrogens (tertiary/aromatic N) is 5. The molecule has 0 unspecified atom stereocenters. The lowest BCUT2D eigenvalue weighted by atomic mass is 9.95. The molecule has 6 rings (SSSR count). The number of nitriles is 2. The van der Waals surface area contributed by atoms with E-state index >= 15 is 0 Å². The Balaban J connectivity index is 1.44. The van der Waals surface area contributed by atoms with Crippen molar-refractivity contribution >= 4 is 33.9 Å². The van der Waals surface area contributed by atoms with Gasteiger partial charge in [-0.1, -0.05) is 39.5 Å². The maximum atomic E-state index is 10.2. The van der Waals surface area contributed by atoms with Gasteiger partial charge in [0, 0.05) is 41.8 Å². The number of benzene rings is 1. The first-order valence-corrected chi connectivity index (χ1v) is 15.2. The van der Waals surface area contributed by atoms with E-state index in [1.54, 1.807) is 6.20 Å². The molecule has 4 N–H and O–H groups in total. The third kappa shape index (κ3) is 5.59. The molecule has 3 aromatic rings. The minimum absolute atomic E-state index is 0.0215. The number of hydrogen-bond acceptors (Lipinski definition) is 9. The molecule has 0 saturated heterocycles. The number of fused-ring (bicyclic) bond motifs is 1. The number of nitrogens with one attached hydrogen (secondary N) is 4. The molecule has 0 bridgehead atoms. The number of anilines is 2. The molecule has 224 valence electrons. The fourth-order valence-corrected chi connectivity index (χ4v) is 6.06. The Morgan fingerprint density at radius 2 is 1.98 bits per heavy atom. The van der Waals surface area contributed by atoms with Crippen LogP contribution >= 0.6 is 0 Å². The molecule has 2 fully saturated rings. The molecule has 2 aliphatic carbocycles. The SMILES string of the molecule is C=C(c1cccnc1/C=C\C)[C@H](Nc1cc(C#N)c2ncc(C#N)c(NCC(C)(C)C)c2c1)C1=CN(C2(C3CC3)CC2)NN1. The molecule has 2 saturated carbocycles. The van der Waals surface area contributed by atoms with Crippen molar-refractivity contribution in [3.63, 3.8) is 0 Å². The number of hydrazine groups is 2. The predicted octanol–water partition coefficient (Wildman–Crippen LogP) is 6.47. The number of aromatic nitrogens is 2. The van der Waals surface area contributed by atoms with E-state index < -0.39 is 0 Å². The molecule has 1 aliphatic heterocycles. The van der Waals surface area contributed by atoms with E-state index in [9.17, 15) is 10.5 Å². The van der Waals surface area contributed by atoms with Crippen LogP contribution in [0.4, 0.5) is 11.4 Å². The average Bonchev–Trinajstić information content (AvgIpc) is 3.95. The summed E-state index contributed by atoms with van der Waals surface area (Å²) in [5.41, 5.74) is 13.3. The van der Waals surface area contributed by atoms with Crippen molar-refractivity contribution in [1.29, 1.82) is 10.5 Å². The van der Waals surface area contributed by atoms with Crippen molar-refractivity contribution in [2.24, 2.45) is 11.3 Å². The fraction of sp³-hybridized carbons (Fsp3) is 0.371. The molecule has 2 aromatic heterocycles. The monoisotopic (exact) mass is 585 g/mol. The van der Waals surface area contributed by atoms with Gasteiger partial charge in [0.25, 0.3) is 0 Å². The van der Waals surface area contributed by atoms with Crippen molar-refractivity contribution in [1.82, 2.24) is 25.9 Å². The third-order valence-electron chi connectivity index (χ3n) is 8.66. The number of allylic oxidation sites excluding steroid dienone is 1. The molecule has 3 heterocycles. The highest BCUT2D eigenvalue weighted by molar-refractivity contribution is 5.99. The van der Waals surface area contributed by atoms with Gasteiger partial charge in [0.05, 0.1) is 45.3 Å². The van der Waals surface area contributed by atoms with Crippen LogP contribution in [0.25, 0.3) is 22.6 Å². The van der Waals surface area contributed by atoms with E-state index in [0.29, 0.717) is 34.3 Å². The smallest absolute Gasteiger partial charge is 0.103 e. The molecule has 9 nitrogen and oxygen atoms in total. The van der Waals surface area contributed by atoms with Crippen LogP contribution in [0.3, 0.4) is 0 Å². The van der Waals surface area contributed by atoms with E-state index in [2.05, 4.69) is 82.3 Å². The zero-order chi connectivity index (χ0) is 31.1. The van der Waals surface area contributed by atoms with Gasteiger partial charge in [0.15, 0.2) is 0 Å². The Kier molecular flexibility index (Phi) is 7.53. The van der Waals surface area contributed by atoms with Gasteiger partial charge in [0.2, 0.25) is 0 Å². The lowest BCUT2D eigenvalue weighted by Gasteiger charge is -2.26. The van der Waals surface area contributed by atoms with Crippen molar-refractivity contribution in [2.75, 3.05) is 17.2 Å². The van der Waals surface area contributed by atoms with Gasteiger partial charge in [-0.05, 0) is 73.8 Å². The van der Waals surface area contributed by atoms with Crippen LogP contribution in [0.5, 0.6) is 0 Å². The van der Waals surface area contributed by atoms with Crippen molar-refractivity contribution in [3.8, 4) is 12.1 Å². The quantitative estimate of drug-likeness (QED) is 0.212. The number of pyridine rings is 2. The molecule has 3 aliphatic rings. The van der Waals surface area contributed by atoms with Crippen molar-refractivity contribution < 1.29 is 0 Å². The van der Waals surface area contributed by atoms with Crippen LogP contribution in [0.15, 0.2) is 61.2 Å². The topological polar surface area (TPSA) is 125 Å². The van der Waals surface area contributed by atoms with Crippen LogP contribution in [0.1, 0.15) is 75.8 Å². The first kappa shape index (κ1) is 29.2. The van der Waals surface area contributed by atoms with Gasteiger partial charge in [-0.3, -0.25) is 15.0 Å². The second-order valence-electron chi connectivity index (χ2n) is 13.2. The van der Waals surface area contributed by atoms with Crippen LogP contribution < -0.4 is 21.6 Å². The lowest BCUT2D eigenvalue weighted by Crippen LogP contribution is -2.46. The highest BCUT2D eigenvalue weighted by atomic mass is 15.7. The molecule has 9 heteroatoms. The number of hydrogen-bond donors (Lipinski definition) is 4. The maximum absolute atomic E-state index is 10.2. The highest BCUT2D eigenvalue weighted by Crippen LogP contribution is 2.57. The van der Waals surface area contributed by atoms with Crippen LogP contribution in [-0.2, 0) is 0 Å². The first-order chi connectivity index (χ1) is 21.2. The molecular weight excluding hydrogens is 546 g/mol. The Labute approximate surface area is 259 Å². The van der Waals surface area contributed by atoms with E-state index in [-0.39, 0.29) is 17.0 Å². The Morgan fingerprint density at radius 1 is 1.20 bits per heavy atom. The molecule has 1 aromatic carbocycles. The summed E-state index contributed by atoms with van der Waals surface area (Å²) >= 11 is 0. The van der Waals surface area contributed by atoms with Crippen molar-refractivity contribution in [3.05, 3.63) is 83.6 Å². The molecule has 0 radical (unpaired) electrons. The first-order valence-electron chi connectivity index (χ1n) is 15.2. The summed E-state index contributed by atoms with van der Waals surface area (Å²) in [4.78, 5) is 9.13. The van der Waals surface area contributed by atoms with E-state index in [1.807, 2.05) is 43.3 Å². The summed E-state index contributed by atoms with van der Waals surface area (Å²) in [6.07, 6.45) is 14.3. The lowest BCUT2D eigenvalue weighted by molar-refractivity contribution is 0.156. The molecule has 44 heavy (non-hydrogen) atoms. The summed E-state index contributed by atoms with van der Waals surface area (Å²) in [6.45, 7) is 13.6. The maximum Gasteiger partial charge on any atom is 0.103 e. The van der Waals surface area contributed by atoms with E-state index in [0.717, 1.165) is 34.1 Å². The standard InChI is InChI=1S/C35H39N9/c1-6-8-29-27(9-7-14-38-29)22(2)31(30-20-44(43-42-30)35(12-13-35)25-10-11-25)41-26-15-23(17-36)32-28(16-26)33(24(18-37)19-39-32)40-21-34(3,4)5/h6-9,14-16,19-20,25,31,41-43H,2,10-13,21H2,1,3-5H3,(H,39,40)/b8-6-/t31-/m0/s1. The van der Waals surface area contributed by atoms with E-state index in [1.165, 1.54) is 31.9 Å². The normalized spacial score (nSPS) is 17.9. The summed E-state index contributed by atoms with van der Waals surface area (Å²) in [5, 5.41) is 30.2. The van der Waals surface area contributed by atoms with Gasteiger partial charge in [-0.2, -0.15) is 10.5 Å². The minimum atomic E-state index is -0.377. The Bertz CT molecular complexity index is 1760. The fourth-order valence-electron chi connectivity index (χ4n) is 6.06.